The van der Waals surface area contributed by atoms with Gasteiger partial charge in [0.2, 0.25) is 0 Å². The zero-order chi connectivity index (χ0) is 22.9. The van der Waals surface area contributed by atoms with Crippen LogP contribution in [-0.2, 0) is 7.05 Å². The summed E-state index contributed by atoms with van der Waals surface area (Å²) in [7, 11) is 5.98. The molecule has 33 heavy (non-hydrogen) atoms. The molecule has 3 heterocycles. The van der Waals surface area contributed by atoms with E-state index < -0.39 is 0 Å². The molecule has 8 nitrogen and oxygen atoms in total. The lowest BCUT2D eigenvalue weighted by Gasteiger charge is -2.21. The molecule has 1 atom stereocenters. The molecule has 5 aromatic rings. The summed E-state index contributed by atoms with van der Waals surface area (Å²) in [6, 6.07) is 10.2. The summed E-state index contributed by atoms with van der Waals surface area (Å²) in [6.07, 6.45) is 5.39. The van der Waals surface area contributed by atoms with Crippen LogP contribution in [0.2, 0.25) is 0 Å². The maximum absolute atomic E-state index is 6.45. The number of fused-ring (bicyclic) bond motifs is 2. The second-order valence-corrected chi connectivity index (χ2v) is 9.23. The molecule has 0 aliphatic rings. The van der Waals surface area contributed by atoms with Crippen LogP contribution in [0.15, 0.2) is 54.6 Å². The first-order valence-electron chi connectivity index (χ1n) is 10.7. The molecule has 1 N–H and O–H groups in total. The van der Waals surface area contributed by atoms with Gasteiger partial charge in [0.25, 0.3) is 0 Å². The average Bonchev–Trinajstić information content (AvgIpc) is 3.41. The second kappa shape index (κ2) is 8.76. The smallest absolute Gasteiger partial charge is 0.145 e. The largest absolute Gasteiger partial charge is 0.489 e. The minimum atomic E-state index is -0.0195. The second-order valence-electron chi connectivity index (χ2n) is 8.34. The molecule has 0 spiro atoms. The molecule has 0 saturated carbocycles. The minimum absolute atomic E-state index is 0.0195. The van der Waals surface area contributed by atoms with Gasteiger partial charge in [-0.15, -0.1) is 11.3 Å². The summed E-state index contributed by atoms with van der Waals surface area (Å²) >= 11 is 1.61. The standard InChI is InChI=1S/C24H25N7OS/c1-15(11-30(2)3)32-21-8-16(17-10-28-31(4)12-17)7-20-23(21)24(26-13-25-20)29-18-5-6-19-22(9-18)33-14-27-19/h5-10,12-15H,11H2,1-4H3,(H,25,26,29). The van der Waals surface area contributed by atoms with E-state index >= 15 is 0 Å². The average molecular weight is 460 g/mol. The Balaban J connectivity index is 1.61. The number of thiazole rings is 1. The Bertz CT molecular complexity index is 1430. The topological polar surface area (TPSA) is 81.0 Å². The number of anilines is 2. The molecule has 168 valence electrons. The Kier molecular flexibility index (Phi) is 5.65. The first-order valence-corrected chi connectivity index (χ1v) is 11.5. The molecule has 5 rings (SSSR count). The van der Waals surface area contributed by atoms with Gasteiger partial charge in [0, 0.05) is 31.0 Å². The Morgan fingerprint density at radius 1 is 1.09 bits per heavy atom. The number of nitrogens with one attached hydrogen (secondary N) is 1. The van der Waals surface area contributed by atoms with Crippen LogP contribution in [0.4, 0.5) is 11.5 Å². The zero-order valence-electron chi connectivity index (χ0n) is 19.0. The number of aromatic nitrogens is 5. The van der Waals surface area contributed by atoms with Crippen molar-refractivity contribution in [2.75, 3.05) is 26.0 Å². The molecule has 0 bridgehead atoms. The van der Waals surface area contributed by atoms with Crippen molar-refractivity contribution >= 4 is 44.0 Å². The number of hydrogen-bond acceptors (Lipinski definition) is 8. The number of benzene rings is 2. The van der Waals surface area contributed by atoms with E-state index in [1.165, 1.54) is 0 Å². The van der Waals surface area contributed by atoms with Crippen molar-refractivity contribution in [3.05, 3.63) is 54.6 Å². The lowest BCUT2D eigenvalue weighted by Crippen LogP contribution is -2.28. The van der Waals surface area contributed by atoms with Crippen molar-refractivity contribution in [3.63, 3.8) is 0 Å². The fraction of sp³-hybridized carbons (Fsp3) is 0.250. The first-order chi connectivity index (χ1) is 16.0. The molecule has 0 saturated heterocycles. The van der Waals surface area contributed by atoms with Gasteiger partial charge in [-0.2, -0.15) is 5.10 Å². The van der Waals surface area contributed by atoms with Crippen LogP contribution in [0.5, 0.6) is 5.75 Å². The van der Waals surface area contributed by atoms with E-state index in [9.17, 15) is 0 Å². The molecule has 3 aromatic heterocycles. The quantitative estimate of drug-likeness (QED) is 0.377. The zero-order valence-corrected chi connectivity index (χ0v) is 19.8. The molecule has 0 radical (unpaired) electrons. The van der Waals surface area contributed by atoms with Crippen LogP contribution in [0.1, 0.15) is 6.92 Å². The molecule has 0 amide bonds. The summed E-state index contributed by atoms with van der Waals surface area (Å²) in [6.45, 7) is 2.86. The third-order valence-corrected chi connectivity index (χ3v) is 6.08. The highest BCUT2D eigenvalue weighted by Crippen LogP contribution is 2.37. The van der Waals surface area contributed by atoms with Gasteiger partial charge in [0.15, 0.2) is 0 Å². The van der Waals surface area contributed by atoms with Crippen molar-refractivity contribution in [1.82, 2.24) is 29.6 Å². The van der Waals surface area contributed by atoms with Gasteiger partial charge in [-0.1, -0.05) is 0 Å². The molecular weight excluding hydrogens is 434 g/mol. The van der Waals surface area contributed by atoms with Crippen molar-refractivity contribution in [1.29, 1.82) is 0 Å². The molecule has 0 fully saturated rings. The number of nitrogens with zero attached hydrogens (tertiary/aromatic N) is 6. The Morgan fingerprint density at radius 2 is 1.97 bits per heavy atom. The fourth-order valence-corrected chi connectivity index (χ4v) is 4.63. The lowest BCUT2D eigenvalue weighted by molar-refractivity contribution is 0.179. The van der Waals surface area contributed by atoms with Crippen LogP contribution in [-0.4, -0.2) is 56.4 Å². The normalized spacial score (nSPS) is 12.5. The highest BCUT2D eigenvalue weighted by molar-refractivity contribution is 7.16. The lowest BCUT2D eigenvalue weighted by atomic mass is 10.1. The van der Waals surface area contributed by atoms with Gasteiger partial charge < -0.3 is 15.0 Å². The third kappa shape index (κ3) is 4.50. The van der Waals surface area contributed by atoms with Crippen LogP contribution in [0.3, 0.4) is 0 Å². The highest BCUT2D eigenvalue weighted by atomic mass is 32.1. The molecule has 2 aromatic carbocycles. The van der Waals surface area contributed by atoms with Crippen LogP contribution >= 0.6 is 11.3 Å². The van der Waals surface area contributed by atoms with Crippen molar-refractivity contribution in [2.24, 2.45) is 7.05 Å². The predicted octanol–water partition coefficient (Wildman–Crippen LogP) is 4.71. The number of hydrogen-bond donors (Lipinski definition) is 1. The van der Waals surface area contributed by atoms with Gasteiger partial charge in [-0.3, -0.25) is 4.68 Å². The number of aryl methyl sites for hydroxylation is 1. The van der Waals surface area contributed by atoms with Crippen LogP contribution in [0, 0.1) is 0 Å². The van der Waals surface area contributed by atoms with Crippen molar-refractivity contribution < 1.29 is 4.74 Å². The number of likely N-dealkylation sites (N-methyl/N-ethyl adjacent to an activating group) is 1. The summed E-state index contributed by atoms with van der Waals surface area (Å²) in [5.74, 6) is 1.44. The maximum Gasteiger partial charge on any atom is 0.145 e. The summed E-state index contributed by atoms with van der Waals surface area (Å²) < 4.78 is 9.35. The molecule has 0 aliphatic heterocycles. The van der Waals surface area contributed by atoms with E-state index in [0.29, 0.717) is 5.82 Å². The number of rotatable bonds is 7. The molecule has 1 unspecified atom stereocenters. The third-order valence-electron chi connectivity index (χ3n) is 5.28. The van der Waals surface area contributed by atoms with Gasteiger partial charge in [0.05, 0.1) is 32.8 Å². The summed E-state index contributed by atoms with van der Waals surface area (Å²) in [5, 5.41) is 8.63. The maximum atomic E-state index is 6.45. The van der Waals surface area contributed by atoms with E-state index in [-0.39, 0.29) is 6.10 Å². The van der Waals surface area contributed by atoms with E-state index in [4.69, 9.17) is 4.74 Å². The SMILES string of the molecule is CC(CN(C)C)Oc1cc(-c2cnn(C)c2)cc2ncnc(Nc3ccc4ncsc4c3)c12. The van der Waals surface area contributed by atoms with E-state index in [0.717, 1.165) is 50.2 Å². The van der Waals surface area contributed by atoms with E-state index in [2.05, 4.69) is 49.3 Å². The van der Waals surface area contributed by atoms with E-state index in [1.807, 2.05) is 57.2 Å². The van der Waals surface area contributed by atoms with Gasteiger partial charge in [0.1, 0.15) is 24.0 Å². The van der Waals surface area contributed by atoms with Crippen LogP contribution in [0.25, 0.3) is 32.2 Å². The van der Waals surface area contributed by atoms with E-state index in [1.54, 1.807) is 22.3 Å². The number of ether oxygens (including phenoxy) is 1. The first kappa shape index (κ1) is 21.3. The Morgan fingerprint density at radius 3 is 2.76 bits per heavy atom. The van der Waals surface area contributed by atoms with Gasteiger partial charge >= 0.3 is 0 Å². The molecule has 9 heteroatoms. The van der Waals surface area contributed by atoms with Crippen molar-refractivity contribution in [2.45, 2.75) is 13.0 Å². The van der Waals surface area contributed by atoms with Crippen molar-refractivity contribution in [3.8, 4) is 16.9 Å². The fourth-order valence-electron chi connectivity index (χ4n) is 3.92. The molecular formula is C24H25N7OS. The van der Waals surface area contributed by atoms with Gasteiger partial charge in [-0.25, -0.2) is 15.0 Å². The predicted molar refractivity (Wildman–Crippen MR) is 133 cm³/mol. The van der Waals surface area contributed by atoms with Gasteiger partial charge in [-0.05, 0) is 56.9 Å². The highest BCUT2D eigenvalue weighted by Gasteiger charge is 2.17. The molecule has 0 aliphatic carbocycles. The Hall–Kier alpha value is -3.56. The summed E-state index contributed by atoms with van der Waals surface area (Å²) in [4.78, 5) is 15.6. The monoisotopic (exact) mass is 459 g/mol. The minimum Gasteiger partial charge on any atom is -0.489 e. The summed E-state index contributed by atoms with van der Waals surface area (Å²) in [5.41, 5.74) is 6.59. The van der Waals surface area contributed by atoms with Crippen LogP contribution < -0.4 is 10.1 Å². The Labute approximate surface area is 195 Å².